The summed E-state index contributed by atoms with van der Waals surface area (Å²) < 4.78 is 11.8. The Bertz CT molecular complexity index is 1140. The predicted octanol–water partition coefficient (Wildman–Crippen LogP) is 3.64. The molecule has 2 aromatic carbocycles. The Morgan fingerprint density at radius 3 is 2.61 bits per heavy atom. The average molecular weight is 447 g/mol. The molecule has 3 heterocycles. The van der Waals surface area contributed by atoms with E-state index in [4.69, 9.17) is 9.47 Å². The molecule has 33 heavy (non-hydrogen) atoms. The van der Waals surface area contributed by atoms with Gasteiger partial charge >= 0.3 is 0 Å². The van der Waals surface area contributed by atoms with Crippen LogP contribution in [-0.4, -0.2) is 47.3 Å². The Labute approximate surface area is 194 Å². The van der Waals surface area contributed by atoms with Gasteiger partial charge in [0.05, 0.1) is 24.9 Å². The molecule has 1 unspecified atom stereocenters. The molecule has 2 aliphatic rings. The number of aromatic nitrogens is 2. The first kappa shape index (κ1) is 21.5. The summed E-state index contributed by atoms with van der Waals surface area (Å²) in [5.74, 6) is 1.45. The van der Waals surface area contributed by atoms with Crippen LogP contribution in [0.15, 0.2) is 42.5 Å². The number of hydrogen-bond acceptors (Lipinski definition) is 5. The third kappa shape index (κ3) is 3.97. The number of nitrogens with one attached hydrogen (secondary N) is 2. The van der Waals surface area contributed by atoms with Gasteiger partial charge in [0.15, 0.2) is 17.2 Å². The number of fused-ring (bicyclic) bond motifs is 2. The van der Waals surface area contributed by atoms with Gasteiger partial charge in [-0.1, -0.05) is 30.3 Å². The first-order chi connectivity index (χ1) is 16.2. The van der Waals surface area contributed by atoms with E-state index in [1.54, 1.807) is 0 Å². The number of rotatable bonds is 6. The van der Waals surface area contributed by atoms with Crippen molar-refractivity contribution >= 4 is 5.91 Å². The zero-order chi connectivity index (χ0) is 22.8. The Balaban J connectivity index is 1.60. The number of amides is 1. The maximum absolute atomic E-state index is 13.9. The van der Waals surface area contributed by atoms with Gasteiger partial charge in [-0.15, -0.1) is 0 Å². The highest BCUT2D eigenvalue weighted by molar-refractivity contribution is 5.95. The summed E-state index contributed by atoms with van der Waals surface area (Å²) >= 11 is 0. The van der Waals surface area contributed by atoms with Gasteiger partial charge in [0.25, 0.3) is 5.91 Å². The SMILES string of the molecule is CCOc1cc2c(cc1OCC)C(c1ccccc1)N(C(=O)c1n[nH]c3c1CCNC3)CC2. The molecule has 0 aliphatic carbocycles. The Hall–Kier alpha value is -3.32. The topological polar surface area (TPSA) is 79.5 Å². The molecular formula is C26H30N4O3. The molecule has 7 nitrogen and oxygen atoms in total. The van der Waals surface area contributed by atoms with Crippen LogP contribution in [0.5, 0.6) is 11.5 Å². The zero-order valence-electron chi connectivity index (χ0n) is 19.2. The van der Waals surface area contributed by atoms with Crippen LogP contribution < -0.4 is 14.8 Å². The fourth-order valence-electron chi connectivity index (χ4n) is 4.93. The molecule has 1 aromatic heterocycles. The van der Waals surface area contributed by atoms with Crippen molar-refractivity contribution in [2.24, 2.45) is 0 Å². The Morgan fingerprint density at radius 1 is 1.09 bits per heavy atom. The molecule has 0 bridgehead atoms. The number of aromatic amines is 1. The normalized spacial score (nSPS) is 17.3. The van der Waals surface area contributed by atoms with E-state index in [9.17, 15) is 4.79 Å². The van der Waals surface area contributed by atoms with E-state index < -0.39 is 0 Å². The van der Waals surface area contributed by atoms with Gasteiger partial charge in [-0.3, -0.25) is 9.89 Å². The summed E-state index contributed by atoms with van der Waals surface area (Å²) in [6, 6.07) is 14.1. The van der Waals surface area contributed by atoms with Crippen molar-refractivity contribution < 1.29 is 14.3 Å². The minimum Gasteiger partial charge on any atom is -0.490 e. The monoisotopic (exact) mass is 446 g/mol. The van der Waals surface area contributed by atoms with Crippen molar-refractivity contribution in [3.05, 3.63) is 76.1 Å². The standard InChI is InChI=1S/C26H30N4O3/c1-3-32-22-14-18-11-13-30(26(31)24-19-10-12-27-16-21(19)28-29-24)25(17-8-6-5-7-9-17)20(18)15-23(22)33-4-2/h5-9,14-15,25,27H,3-4,10-13,16H2,1-2H3,(H,28,29). The number of carbonyl (C=O) groups excluding carboxylic acids is 1. The van der Waals surface area contributed by atoms with Crippen molar-refractivity contribution in [3.8, 4) is 11.5 Å². The van der Waals surface area contributed by atoms with Gasteiger partial charge in [-0.05, 0) is 62.1 Å². The summed E-state index contributed by atoms with van der Waals surface area (Å²) in [6.45, 7) is 7.26. The highest BCUT2D eigenvalue weighted by atomic mass is 16.5. The first-order valence-corrected chi connectivity index (χ1v) is 11.8. The summed E-state index contributed by atoms with van der Waals surface area (Å²) in [7, 11) is 0. The Kier molecular flexibility index (Phi) is 6.05. The molecule has 2 N–H and O–H groups in total. The summed E-state index contributed by atoms with van der Waals surface area (Å²) in [5.41, 5.74) is 5.94. The molecule has 0 radical (unpaired) electrons. The number of ether oxygens (including phenoxy) is 2. The lowest BCUT2D eigenvalue weighted by molar-refractivity contribution is 0.0686. The van der Waals surface area contributed by atoms with Crippen LogP contribution in [0.1, 0.15) is 58.3 Å². The molecule has 172 valence electrons. The lowest BCUT2D eigenvalue weighted by Crippen LogP contribution is -2.41. The number of benzene rings is 2. The van der Waals surface area contributed by atoms with Gasteiger partial charge < -0.3 is 19.7 Å². The molecule has 1 atom stereocenters. The summed E-state index contributed by atoms with van der Waals surface area (Å²) in [6.07, 6.45) is 1.56. The van der Waals surface area contributed by atoms with Crippen LogP contribution >= 0.6 is 0 Å². The highest BCUT2D eigenvalue weighted by Crippen LogP contribution is 2.42. The van der Waals surface area contributed by atoms with E-state index in [0.29, 0.717) is 25.5 Å². The number of hydrogen-bond donors (Lipinski definition) is 2. The number of carbonyl (C=O) groups is 1. The minimum absolute atomic E-state index is 0.0271. The van der Waals surface area contributed by atoms with Gasteiger partial charge in [-0.2, -0.15) is 5.10 Å². The lowest BCUT2D eigenvalue weighted by Gasteiger charge is -2.38. The number of nitrogens with zero attached hydrogens (tertiary/aromatic N) is 2. The van der Waals surface area contributed by atoms with Crippen LogP contribution in [0.2, 0.25) is 0 Å². The molecule has 2 aliphatic heterocycles. The van der Waals surface area contributed by atoms with Crippen molar-refractivity contribution in [1.29, 1.82) is 0 Å². The van der Waals surface area contributed by atoms with E-state index in [1.165, 1.54) is 5.56 Å². The quantitative estimate of drug-likeness (QED) is 0.604. The molecule has 0 fully saturated rings. The fourth-order valence-corrected chi connectivity index (χ4v) is 4.93. The van der Waals surface area contributed by atoms with E-state index >= 15 is 0 Å². The maximum Gasteiger partial charge on any atom is 0.275 e. The van der Waals surface area contributed by atoms with Crippen LogP contribution in [0.4, 0.5) is 0 Å². The van der Waals surface area contributed by atoms with Crippen LogP contribution in [-0.2, 0) is 19.4 Å². The lowest BCUT2D eigenvalue weighted by atomic mass is 9.87. The van der Waals surface area contributed by atoms with E-state index in [2.05, 4.69) is 39.8 Å². The predicted molar refractivity (Wildman–Crippen MR) is 126 cm³/mol. The van der Waals surface area contributed by atoms with E-state index in [0.717, 1.165) is 59.8 Å². The first-order valence-electron chi connectivity index (χ1n) is 11.8. The minimum atomic E-state index is -0.216. The van der Waals surface area contributed by atoms with Crippen LogP contribution in [0, 0.1) is 0 Å². The maximum atomic E-state index is 13.9. The van der Waals surface area contributed by atoms with E-state index in [-0.39, 0.29) is 11.9 Å². The van der Waals surface area contributed by atoms with Crippen molar-refractivity contribution in [3.63, 3.8) is 0 Å². The average Bonchev–Trinajstić information content (AvgIpc) is 3.28. The third-order valence-electron chi connectivity index (χ3n) is 6.42. The van der Waals surface area contributed by atoms with Crippen LogP contribution in [0.3, 0.4) is 0 Å². The summed E-state index contributed by atoms with van der Waals surface area (Å²) in [4.78, 5) is 15.8. The molecule has 7 heteroatoms. The summed E-state index contributed by atoms with van der Waals surface area (Å²) in [5, 5.41) is 10.8. The fraction of sp³-hybridized carbons (Fsp3) is 0.385. The second kappa shape index (κ2) is 9.27. The van der Waals surface area contributed by atoms with Crippen molar-refractivity contribution in [2.45, 2.75) is 39.3 Å². The van der Waals surface area contributed by atoms with E-state index in [1.807, 2.05) is 36.9 Å². The molecule has 0 spiro atoms. The molecule has 0 saturated carbocycles. The second-order valence-corrected chi connectivity index (χ2v) is 8.38. The van der Waals surface area contributed by atoms with Crippen molar-refractivity contribution in [2.75, 3.05) is 26.3 Å². The molecule has 0 saturated heterocycles. The van der Waals surface area contributed by atoms with Crippen molar-refractivity contribution in [1.82, 2.24) is 20.4 Å². The second-order valence-electron chi connectivity index (χ2n) is 8.38. The largest absolute Gasteiger partial charge is 0.490 e. The van der Waals surface area contributed by atoms with Gasteiger partial charge in [-0.25, -0.2) is 0 Å². The molecule has 5 rings (SSSR count). The zero-order valence-corrected chi connectivity index (χ0v) is 19.2. The Morgan fingerprint density at radius 2 is 1.85 bits per heavy atom. The third-order valence-corrected chi connectivity index (χ3v) is 6.42. The number of H-pyrrole nitrogens is 1. The molecule has 1 amide bonds. The van der Waals surface area contributed by atoms with Gasteiger partial charge in [0, 0.05) is 18.7 Å². The van der Waals surface area contributed by atoms with Gasteiger partial charge in [0.1, 0.15) is 0 Å². The van der Waals surface area contributed by atoms with Crippen LogP contribution in [0.25, 0.3) is 0 Å². The molecular weight excluding hydrogens is 416 g/mol. The smallest absolute Gasteiger partial charge is 0.275 e. The van der Waals surface area contributed by atoms with Gasteiger partial charge in [0.2, 0.25) is 0 Å². The highest BCUT2D eigenvalue weighted by Gasteiger charge is 2.36. The molecule has 3 aromatic rings.